The number of nitrogens with zero attached hydrogens (tertiary/aromatic N) is 1. The molecule has 0 saturated carbocycles. The van der Waals surface area contributed by atoms with Crippen LogP contribution in [0.5, 0.6) is 0 Å². The molecule has 2 aromatic carbocycles. The number of hydrogen-bond donors (Lipinski definition) is 2. The molecule has 2 aromatic rings. The lowest BCUT2D eigenvalue weighted by atomic mass is 10.1. The fourth-order valence-electron chi connectivity index (χ4n) is 1.82. The first-order chi connectivity index (χ1) is 11.1. The molecule has 2 amide bonds. The SMILES string of the molecule is O=C(N/N=C/CCc1ccccc1)C(=O)Nc1ccc(Br)cc1. The van der Waals surface area contributed by atoms with Crippen LogP contribution in [0, 0.1) is 0 Å². The Hall–Kier alpha value is -2.47. The number of carbonyl (C=O) groups is 2. The number of rotatable bonds is 5. The molecule has 0 fully saturated rings. The van der Waals surface area contributed by atoms with Crippen molar-refractivity contribution < 1.29 is 9.59 Å². The number of carbonyl (C=O) groups excluding carboxylic acids is 2. The van der Waals surface area contributed by atoms with E-state index in [1.165, 1.54) is 5.56 Å². The second-order valence-electron chi connectivity index (χ2n) is 4.74. The minimum absolute atomic E-state index is 0.543. The maximum absolute atomic E-state index is 11.7. The summed E-state index contributed by atoms with van der Waals surface area (Å²) in [6.45, 7) is 0. The summed E-state index contributed by atoms with van der Waals surface area (Å²) in [6, 6.07) is 16.9. The van der Waals surface area contributed by atoms with Gasteiger partial charge in [-0.15, -0.1) is 0 Å². The Balaban J connectivity index is 1.72. The molecule has 23 heavy (non-hydrogen) atoms. The zero-order valence-corrected chi connectivity index (χ0v) is 13.9. The summed E-state index contributed by atoms with van der Waals surface area (Å²) in [5.74, 6) is -1.56. The van der Waals surface area contributed by atoms with Crippen molar-refractivity contribution in [2.75, 3.05) is 5.32 Å². The summed E-state index contributed by atoms with van der Waals surface area (Å²) >= 11 is 3.30. The summed E-state index contributed by atoms with van der Waals surface area (Å²) in [4.78, 5) is 23.3. The summed E-state index contributed by atoms with van der Waals surface area (Å²) < 4.78 is 0.892. The average molecular weight is 374 g/mol. The minimum Gasteiger partial charge on any atom is -0.318 e. The molecule has 118 valence electrons. The van der Waals surface area contributed by atoms with Crippen LogP contribution < -0.4 is 10.7 Å². The van der Waals surface area contributed by atoms with Gasteiger partial charge in [0.25, 0.3) is 0 Å². The van der Waals surface area contributed by atoms with Crippen molar-refractivity contribution in [3.63, 3.8) is 0 Å². The van der Waals surface area contributed by atoms with E-state index in [1.54, 1.807) is 30.5 Å². The second kappa shape index (κ2) is 8.85. The first-order valence-corrected chi connectivity index (χ1v) is 7.87. The number of nitrogens with one attached hydrogen (secondary N) is 2. The Morgan fingerprint density at radius 3 is 2.39 bits per heavy atom. The lowest BCUT2D eigenvalue weighted by Crippen LogP contribution is -2.32. The van der Waals surface area contributed by atoms with Gasteiger partial charge in [-0.25, -0.2) is 5.43 Å². The van der Waals surface area contributed by atoms with E-state index in [-0.39, 0.29) is 0 Å². The maximum atomic E-state index is 11.7. The van der Waals surface area contributed by atoms with E-state index >= 15 is 0 Å². The smallest absolute Gasteiger partial charge is 0.318 e. The van der Waals surface area contributed by atoms with Crippen LogP contribution in [0.15, 0.2) is 64.2 Å². The Kier molecular flexibility index (Phi) is 6.50. The predicted octanol–water partition coefficient (Wildman–Crippen LogP) is 3.12. The lowest BCUT2D eigenvalue weighted by Gasteiger charge is -2.03. The molecule has 0 bridgehead atoms. The van der Waals surface area contributed by atoms with Crippen molar-refractivity contribution in [2.45, 2.75) is 12.8 Å². The molecule has 0 aliphatic rings. The van der Waals surface area contributed by atoms with Gasteiger partial charge in [0.05, 0.1) is 0 Å². The van der Waals surface area contributed by atoms with Crippen LogP contribution in [0.4, 0.5) is 5.69 Å². The third-order valence-corrected chi connectivity index (χ3v) is 3.50. The Bertz CT molecular complexity index is 685. The monoisotopic (exact) mass is 373 g/mol. The molecule has 5 nitrogen and oxygen atoms in total. The highest BCUT2D eigenvalue weighted by Crippen LogP contribution is 2.13. The number of anilines is 1. The normalized spacial score (nSPS) is 10.5. The molecule has 0 saturated heterocycles. The summed E-state index contributed by atoms with van der Waals surface area (Å²) in [7, 11) is 0. The molecule has 2 rings (SSSR count). The molecule has 0 aromatic heterocycles. The largest absolute Gasteiger partial charge is 0.329 e. The zero-order chi connectivity index (χ0) is 16.5. The van der Waals surface area contributed by atoms with Gasteiger partial charge in [-0.2, -0.15) is 5.10 Å². The van der Waals surface area contributed by atoms with Crippen molar-refractivity contribution in [1.29, 1.82) is 0 Å². The van der Waals surface area contributed by atoms with E-state index in [9.17, 15) is 9.59 Å². The zero-order valence-electron chi connectivity index (χ0n) is 12.3. The van der Waals surface area contributed by atoms with Crippen molar-refractivity contribution in [3.05, 3.63) is 64.6 Å². The van der Waals surface area contributed by atoms with Gasteiger partial charge < -0.3 is 5.32 Å². The number of halogens is 1. The number of hydrazone groups is 1. The van der Waals surface area contributed by atoms with E-state index < -0.39 is 11.8 Å². The van der Waals surface area contributed by atoms with Crippen LogP contribution in [-0.2, 0) is 16.0 Å². The number of hydrogen-bond acceptors (Lipinski definition) is 3. The highest BCUT2D eigenvalue weighted by Gasteiger charge is 2.12. The van der Waals surface area contributed by atoms with Crippen LogP contribution >= 0.6 is 15.9 Å². The number of amides is 2. The van der Waals surface area contributed by atoms with Gasteiger partial charge in [0, 0.05) is 16.4 Å². The fraction of sp³-hybridized carbons (Fsp3) is 0.118. The molecule has 0 heterocycles. The molecule has 0 aliphatic carbocycles. The summed E-state index contributed by atoms with van der Waals surface area (Å²) in [6.07, 6.45) is 3.09. The van der Waals surface area contributed by atoms with Crippen LogP contribution in [-0.4, -0.2) is 18.0 Å². The molecule has 2 N–H and O–H groups in total. The maximum Gasteiger partial charge on any atom is 0.329 e. The molecule has 6 heteroatoms. The third-order valence-electron chi connectivity index (χ3n) is 2.97. The van der Waals surface area contributed by atoms with Gasteiger partial charge >= 0.3 is 11.8 Å². The standard InChI is InChI=1S/C17H16BrN3O2/c18-14-8-10-15(11-9-14)20-16(22)17(23)21-19-12-4-7-13-5-2-1-3-6-13/h1-3,5-6,8-12H,4,7H2,(H,20,22)(H,21,23)/b19-12+. The van der Waals surface area contributed by atoms with Gasteiger partial charge in [-0.1, -0.05) is 46.3 Å². The van der Waals surface area contributed by atoms with Crippen molar-refractivity contribution in [1.82, 2.24) is 5.43 Å². The summed E-state index contributed by atoms with van der Waals surface area (Å²) in [5.41, 5.74) is 3.95. The first-order valence-electron chi connectivity index (χ1n) is 7.07. The van der Waals surface area contributed by atoms with Gasteiger partial charge in [-0.05, 0) is 42.7 Å². The molecule has 0 aliphatic heterocycles. The fourth-order valence-corrected chi connectivity index (χ4v) is 2.08. The Morgan fingerprint density at radius 2 is 1.70 bits per heavy atom. The third kappa shape index (κ3) is 6.04. The van der Waals surface area contributed by atoms with Crippen molar-refractivity contribution in [2.24, 2.45) is 5.10 Å². The second-order valence-corrected chi connectivity index (χ2v) is 5.65. The molecular weight excluding hydrogens is 358 g/mol. The number of aryl methyl sites for hydroxylation is 1. The van der Waals surface area contributed by atoms with Gasteiger partial charge in [0.15, 0.2) is 0 Å². The van der Waals surface area contributed by atoms with E-state index in [4.69, 9.17) is 0 Å². The van der Waals surface area contributed by atoms with Gasteiger partial charge in [0.1, 0.15) is 0 Å². The predicted molar refractivity (Wildman–Crippen MR) is 94.2 cm³/mol. The van der Waals surface area contributed by atoms with Crippen LogP contribution in [0.3, 0.4) is 0 Å². The first kappa shape index (κ1) is 16.9. The van der Waals surface area contributed by atoms with Gasteiger partial charge in [0.2, 0.25) is 0 Å². The average Bonchev–Trinajstić information content (AvgIpc) is 2.57. The van der Waals surface area contributed by atoms with Gasteiger partial charge in [-0.3, -0.25) is 9.59 Å². The highest BCUT2D eigenvalue weighted by molar-refractivity contribution is 9.10. The van der Waals surface area contributed by atoms with E-state index in [0.717, 1.165) is 10.9 Å². The molecule has 0 spiro atoms. The molecule has 0 radical (unpaired) electrons. The van der Waals surface area contributed by atoms with Crippen molar-refractivity contribution in [3.8, 4) is 0 Å². The Morgan fingerprint density at radius 1 is 1.00 bits per heavy atom. The lowest BCUT2D eigenvalue weighted by molar-refractivity contribution is -0.136. The van der Waals surface area contributed by atoms with E-state index in [1.807, 2.05) is 30.3 Å². The molecule has 0 unspecified atom stereocenters. The number of benzene rings is 2. The Labute approximate surface area is 142 Å². The van der Waals surface area contributed by atoms with Crippen LogP contribution in [0.1, 0.15) is 12.0 Å². The highest BCUT2D eigenvalue weighted by atomic mass is 79.9. The van der Waals surface area contributed by atoms with E-state index in [2.05, 4.69) is 31.8 Å². The molecular formula is C17H16BrN3O2. The molecule has 0 atom stereocenters. The van der Waals surface area contributed by atoms with Crippen LogP contribution in [0.2, 0.25) is 0 Å². The minimum atomic E-state index is -0.802. The summed E-state index contributed by atoms with van der Waals surface area (Å²) in [5, 5.41) is 6.26. The van der Waals surface area contributed by atoms with Crippen LogP contribution in [0.25, 0.3) is 0 Å². The van der Waals surface area contributed by atoms with E-state index in [0.29, 0.717) is 12.1 Å². The van der Waals surface area contributed by atoms with Crippen molar-refractivity contribution >= 4 is 39.6 Å². The topological polar surface area (TPSA) is 70.6 Å². The quantitative estimate of drug-likeness (QED) is 0.480.